The Labute approximate surface area is 90.5 Å². The predicted molar refractivity (Wildman–Crippen MR) is 58.5 cm³/mol. The van der Waals surface area contributed by atoms with Gasteiger partial charge in [0.1, 0.15) is 0 Å². The van der Waals surface area contributed by atoms with Gasteiger partial charge < -0.3 is 9.67 Å². The van der Waals surface area contributed by atoms with E-state index in [1.165, 1.54) is 11.4 Å². The van der Waals surface area contributed by atoms with Gasteiger partial charge in [-0.1, -0.05) is 6.92 Å². The maximum atomic E-state index is 9.60. The van der Waals surface area contributed by atoms with Crippen molar-refractivity contribution in [3.05, 3.63) is 17.7 Å². The van der Waals surface area contributed by atoms with Gasteiger partial charge >= 0.3 is 0 Å². The molecule has 1 N–H and O–H groups in total. The van der Waals surface area contributed by atoms with Crippen molar-refractivity contribution in [3.63, 3.8) is 0 Å². The number of aliphatic hydroxyl groups excluding tert-OH is 1. The summed E-state index contributed by atoms with van der Waals surface area (Å²) in [4.78, 5) is 6.66. The molecule has 0 aromatic carbocycles. The van der Waals surface area contributed by atoms with Crippen LogP contribution in [0.2, 0.25) is 0 Å². The lowest BCUT2D eigenvalue weighted by Crippen LogP contribution is -2.36. The molecule has 15 heavy (non-hydrogen) atoms. The molecule has 0 radical (unpaired) electrons. The van der Waals surface area contributed by atoms with Gasteiger partial charge in [-0.2, -0.15) is 0 Å². The molecule has 1 aromatic rings. The summed E-state index contributed by atoms with van der Waals surface area (Å²) >= 11 is 0. The first-order valence-corrected chi connectivity index (χ1v) is 5.60. The lowest BCUT2D eigenvalue weighted by Gasteiger charge is -2.28. The normalized spacial score (nSPS) is 18.9. The lowest BCUT2D eigenvalue weighted by molar-refractivity contribution is 0.101. The van der Waals surface area contributed by atoms with Crippen molar-refractivity contribution in [2.75, 3.05) is 13.1 Å². The highest BCUT2D eigenvalue weighted by molar-refractivity contribution is 5.16. The number of β-amino-alcohol motifs (C(OH)–C–C–N with tert-alkyl or cyclic N) is 1. The zero-order valence-electron chi connectivity index (χ0n) is 9.48. The molecule has 84 valence electrons. The van der Waals surface area contributed by atoms with Crippen LogP contribution in [0.25, 0.3) is 0 Å². The van der Waals surface area contributed by atoms with E-state index in [1.54, 1.807) is 0 Å². The number of nitrogens with zero attached hydrogens (tertiary/aromatic N) is 3. The van der Waals surface area contributed by atoms with E-state index >= 15 is 0 Å². The molecule has 2 rings (SSSR count). The van der Waals surface area contributed by atoms with Gasteiger partial charge in [-0.3, -0.25) is 4.90 Å². The van der Waals surface area contributed by atoms with E-state index in [0.717, 1.165) is 32.5 Å². The third-order valence-electron chi connectivity index (χ3n) is 3.12. The molecule has 4 nitrogen and oxygen atoms in total. The maximum absolute atomic E-state index is 9.60. The van der Waals surface area contributed by atoms with Crippen LogP contribution in [0.4, 0.5) is 0 Å². The molecule has 4 heteroatoms. The first-order valence-electron chi connectivity index (χ1n) is 5.60. The van der Waals surface area contributed by atoms with Crippen molar-refractivity contribution in [2.45, 2.75) is 32.4 Å². The molecular formula is C11H19N3O. The Balaban J connectivity index is 2.00. The molecule has 0 unspecified atom stereocenters. The second-order valence-electron chi connectivity index (χ2n) is 4.30. The molecule has 1 aliphatic rings. The molecule has 0 aliphatic carbocycles. The predicted octanol–water partition coefficient (Wildman–Crippen LogP) is 0.549. The van der Waals surface area contributed by atoms with Gasteiger partial charge in [0, 0.05) is 38.8 Å². The molecule has 1 aromatic heterocycles. The number of fused-ring (bicyclic) bond motifs is 1. The van der Waals surface area contributed by atoms with Gasteiger partial charge in [-0.15, -0.1) is 0 Å². The number of imidazole rings is 1. The SMILES string of the molecule is CC[C@H](O)CN1CCc2c(ncn2C)C1. The van der Waals surface area contributed by atoms with E-state index in [4.69, 9.17) is 0 Å². The molecule has 0 bridgehead atoms. The summed E-state index contributed by atoms with van der Waals surface area (Å²) in [6.45, 7) is 4.70. The summed E-state index contributed by atoms with van der Waals surface area (Å²) in [7, 11) is 2.04. The molecule has 0 spiro atoms. The van der Waals surface area contributed by atoms with Crippen molar-refractivity contribution in [3.8, 4) is 0 Å². The number of hydrogen-bond acceptors (Lipinski definition) is 3. The summed E-state index contributed by atoms with van der Waals surface area (Å²) < 4.78 is 2.10. The minimum absolute atomic E-state index is 0.199. The maximum Gasteiger partial charge on any atom is 0.0949 e. The van der Waals surface area contributed by atoms with Crippen LogP contribution in [-0.2, 0) is 20.0 Å². The van der Waals surface area contributed by atoms with E-state index < -0.39 is 0 Å². The fourth-order valence-corrected chi connectivity index (χ4v) is 2.09. The standard InChI is InChI=1S/C11H19N3O/c1-3-9(15)6-14-5-4-11-10(7-14)12-8-13(11)2/h8-9,15H,3-7H2,1-2H3/t9-/m0/s1. The lowest BCUT2D eigenvalue weighted by atomic mass is 10.1. The van der Waals surface area contributed by atoms with E-state index in [9.17, 15) is 5.11 Å². The van der Waals surface area contributed by atoms with E-state index in [2.05, 4.69) is 14.5 Å². The largest absolute Gasteiger partial charge is 0.392 e. The van der Waals surface area contributed by atoms with Gasteiger partial charge in [-0.05, 0) is 6.42 Å². The molecule has 0 saturated heterocycles. The van der Waals surface area contributed by atoms with Crippen molar-refractivity contribution in [1.82, 2.24) is 14.5 Å². The average molecular weight is 209 g/mol. The second-order valence-corrected chi connectivity index (χ2v) is 4.30. The van der Waals surface area contributed by atoms with Crippen LogP contribution in [0, 0.1) is 0 Å². The Hall–Kier alpha value is -0.870. The van der Waals surface area contributed by atoms with Crippen molar-refractivity contribution >= 4 is 0 Å². The molecule has 0 fully saturated rings. The van der Waals surface area contributed by atoms with Crippen LogP contribution in [0.3, 0.4) is 0 Å². The summed E-state index contributed by atoms with van der Waals surface area (Å²) in [5.41, 5.74) is 2.52. The molecule has 2 heterocycles. The topological polar surface area (TPSA) is 41.3 Å². The molecule has 0 saturated carbocycles. The van der Waals surface area contributed by atoms with Crippen LogP contribution in [0.1, 0.15) is 24.7 Å². The van der Waals surface area contributed by atoms with E-state index in [0.29, 0.717) is 0 Å². The minimum atomic E-state index is -0.199. The number of hydrogen-bond donors (Lipinski definition) is 1. The van der Waals surface area contributed by atoms with E-state index in [1.807, 2.05) is 20.3 Å². The van der Waals surface area contributed by atoms with E-state index in [-0.39, 0.29) is 6.10 Å². The Bertz CT molecular complexity index is 335. The molecular weight excluding hydrogens is 190 g/mol. The highest BCUT2D eigenvalue weighted by Gasteiger charge is 2.20. The van der Waals surface area contributed by atoms with Gasteiger partial charge in [0.05, 0.1) is 18.1 Å². The van der Waals surface area contributed by atoms with Crippen LogP contribution in [0.15, 0.2) is 6.33 Å². The van der Waals surface area contributed by atoms with Crippen molar-refractivity contribution in [1.29, 1.82) is 0 Å². The number of aromatic nitrogens is 2. The molecule has 1 atom stereocenters. The second kappa shape index (κ2) is 4.33. The third kappa shape index (κ3) is 2.21. The Morgan fingerprint density at radius 2 is 2.40 bits per heavy atom. The third-order valence-corrected chi connectivity index (χ3v) is 3.12. The van der Waals surface area contributed by atoms with Crippen LogP contribution in [0.5, 0.6) is 0 Å². The summed E-state index contributed by atoms with van der Waals surface area (Å²) in [6.07, 6.45) is 3.55. The highest BCUT2D eigenvalue weighted by atomic mass is 16.3. The highest BCUT2D eigenvalue weighted by Crippen LogP contribution is 2.17. The van der Waals surface area contributed by atoms with Gasteiger partial charge in [-0.25, -0.2) is 4.98 Å². The van der Waals surface area contributed by atoms with Gasteiger partial charge in [0.2, 0.25) is 0 Å². The number of aliphatic hydroxyl groups is 1. The summed E-state index contributed by atoms with van der Waals surface area (Å²) in [5, 5.41) is 9.60. The minimum Gasteiger partial charge on any atom is -0.392 e. The van der Waals surface area contributed by atoms with Crippen LogP contribution in [-0.4, -0.2) is 38.8 Å². The fraction of sp³-hybridized carbons (Fsp3) is 0.727. The summed E-state index contributed by atoms with van der Waals surface area (Å²) in [5.74, 6) is 0. The monoisotopic (exact) mass is 209 g/mol. The first kappa shape index (κ1) is 10.6. The van der Waals surface area contributed by atoms with Crippen molar-refractivity contribution in [2.24, 2.45) is 7.05 Å². The van der Waals surface area contributed by atoms with Gasteiger partial charge in [0.25, 0.3) is 0 Å². The Morgan fingerprint density at radius 3 is 3.13 bits per heavy atom. The number of aryl methyl sites for hydroxylation is 1. The average Bonchev–Trinajstić information content (AvgIpc) is 2.60. The Kier molecular flexibility index (Phi) is 3.07. The van der Waals surface area contributed by atoms with Crippen molar-refractivity contribution < 1.29 is 5.11 Å². The zero-order chi connectivity index (χ0) is 10.8. The van der Waals surface area contributed by atoms with Crippen LogP contribution >= 0.6 is 0 Å². The fourth-order valence-electron chi connectivity index (χ4n) is 2.09. The molecule has 0 amide bonds. The quantitative estimate of drug-likeness (QED) is 0.790. The zero-order valence-corrected chi connectivity index (χ0v) is 9.48. The van der Waals surface area contributed by atoms with Crippen LogP contribution < -0.4 is 0 Å². The smallest absolute Gasteiger partial charge is 0.0949 e. The molecule has 1 aliphatic heterocycles. The first-order chi connectivity index (χ1) is 7.20. The number of rotatable bonds is 3. The summed E-state index contributed by atoms with van der Waals surface area (Å²) in [6, 6.07) is 0. The Morgan fingerprint density at radius 1 is 1.60 bits per heavy atom. The van der Waals surface area contributed by atoms with Gasteiger partial charge in [0.15, 0.2) is 0 Å².